The van der Waals surface area contributed by atoms with Crippen molar-refractivity contribution in [1.29, 1.82) is 0 Å². The van der Waals surface area contributed by atoms with Gasteiger partial charge in [0, 0.05) is 16.1 Å². The minimum absolute atomic E-state index is 0.0469. The molecular weight excluding hydrogens is 356 g/mol. The second kappa shape index (κ2) is 6.27. The van der Waals surface area contributed by atoms with E-state index in [1.54, 1.807) is 45.0 Å². The zero-order valence-corrected chi connectivity index (χ0v) is 15.9. The summed E-state index contributed by atoms with van der Waals surface area (Å²) in [6.45, 7) is 5.37. The molecule has 0 aliphatic heterocycles. The minimum atomic E-state index is -0.551. The quantitative estimate of drug-likeness (QED) is 0.771. The Morgan fingerprint density at radius 3 is 2.23 bits per heavy atom. The summed E-state index contributed by atoms with van der Waals surface area (Å²) in [6.07, 6.45) is 1.30. The van der Waals surface area contributed by atoms with Crippen LogP contribution in [0.25, 0.3) is 0 Å². The highest BCUT2D eigenvalue weighted by Gasteiger charge is 2.72. The number of carbonyl (C=O) groups excluding carboxylic acids is 3. The number of nitrogens with one attached hydrogen (secondary N) is 2. The van der Waals surface area contributed by atoms with E-state index in [2.05, 4.69) is 10.6 Å². The highest BCUT2D eigenvalue weighted by Crippen LogP contribution is 2.67. The molecule has 0 radical (unpaired) electrons. The Bertz CT molecular complexity index is 732. The van der Waals surface area contributed by atoms with Crippen molar-refractivity contribution in [2.75, 3.05) is 6.54 Å². The van der Waals surface area contributed by atoms with E-state index in [1.165, 1.54) is 0 Å². The largest absolute Gasteiger partial charge is 0.444 e. The summed E-state index contributed by atoms with van der Waals surface area (Å²) < 4.78 is 5.26. The molecule has 3 saturated carbocycles. The van der Waals surface area contributed by atoms with Crippen LogP contribution >= 0.6 is 11.6 Å². The monoisotopic (exact) mass is 378 g/mol. The molecule has 3 aliphatic rings. The maximum atomic E-state index is 12.4. The molecule has 0 spiro atoms. The summed E-state index contributed by atoms with van der Waals surface area (Å²) in [4.78, 5) is 36.4. The van der Waals surface area contributed by atoms with Crippen LogP contribution in [0.4, 0.5) is 4.79 Å². The van der Waals surface area contributed by atoms with Crippen molar-refractivity contribution in [2.45, 2.75) is 51.2 Å². The van der Waals surface area contributed by atoms with Crippen LogP contribution in [0, 0.1) is 5.41 Å². The van der Waals surface area contributed by atoms with Crippen molar-refractivity contribution in [1.82, 2.24) is 10.6 Å². The van der Waals surface area contributed by atoms with Crippen molar-refractivity contribution in [3.63, 3.8) is 0 Å². The zero-order chi connectivity index (χ0) is 19.2. The van der Waals surface area contributed by atoms with Gasteiger partial charge in [-0.3, -0.25) is 9.59 Å². The SMILES string of the molecule is CC(C)(C)OC(=O)NC12CC(C(=O)NCC(=O)c3ccc(Cl)cc3)(C1)C2. The van der Waals surface area contributed by atoms with E-state index in [1.807, 2.05) is 0 Å². The van der Waals surface area contributed by atoms with Gasteiger partial charge in [-0.1, -0.05) is 11.6 Å². The van der Waals surface area contributed by atoms with Crippen molar-refractivity contribution >= 4 is 29.4 Å². The molecule has 2 amide bonds. The first-order valence-electron chi connectivity index (χ1n) is 8.61. The van der Waals surface area contributed by atoms with Crippen molar-refractivity contribution in [3.05, 3.63) is 34.9 Å². The molecule has 3 aliphatic carbocycles. The first-order valence-corrected chi connectivity index (χ1v) is 8.99. The molecule has 0 saturated heterocycles. The fraction of sp³-hybridized carbons (Fsp3) is 0.526. The lowest BCUT2D eigenvalue weighted by Gasteiger charge is -2.68. The lowest BCUT2D eigenvalue weighted by atomic mass is 9.39. The lowest BCUT2D eigenvalue weighted by Crippen LogP contribution is -2.78. The number of benzene rings is 1. The average molecular weight is 379 g/mol. The summed E-state index contributed by atoms with van der Waals surface area (Å²) in [5, 5.41) is 6.15. The highest BCUT2D eigenvalue weighted by atomic mass is 35.5. The van der Waals surface area contributed by atoms with E-state index in [0.717, 1.165) is 0 Å². The van der Waals surface area contributed by atoms with E-state index in [4.69, 9.17) is 16.3 Å². The predicted molar refractivity (Wildman–Crippen MR) is 97.2 cm³/mol. The molecule has 0 atom stereocenters. The normalized spacial score (nSPS) is 26.2. The van der Waals surface area contributed by atoms with Gasteiger partial charge >= 0.3 is 6.09 Å². The first kappa shape index (κ1) is 18.7. The van der Waals surface area contributed by atoms with Crippen molar-refractivity contribution < 1.29 is 19.1 Å². The fourth-order valence-electron chi connectivity index (χ4n) is 3.77. The number of carbonyl (C=O) groups is 3. The topological polar surface area (TPSA) is 84.5 Å². The number of amides is 2. The Morgan fingerprint density at radius 2 is 1.69 bits per heavy atom. The van der Waals surface area contributed by atoms with Gasteiger partial charge in [0.05, 0.1) is 12.0 Å². The van der Waals surface area contributed by atoms with Crippen LogP contribution in [0.15, 0.2) is 24.3 Å². The van der Waals surface area contributed by atoms with E-state index in [-0.39, 0.29) is 23.8 Å². The molecule has 1 aromatic carbocycles. The van der Waals surface area contributed by atoms with Crippen LogP contribution in [0.1, 0.15) is 50.4 Å². The summed E-state index contributed by atoms with van der Waals surface area (Å²) in [5.41, 5.74) is -0.838. The molecule has 2 bridgehead atoms. The van der Waals surface area contributed by atoms with E-state index in [9.17, 15) is 14.4 Å². The predicted octanol–water partition coefficient (Wildman–Crippen LogP) is 3.09. The maximum Gasteiger partial charge on any atom is 0.408 e. The molecule has 7 heteroatoms. The summed E-state index contributed by atoms with van der Waals surface area (Å²) in [7, 11) is 0. The molecule has 0 unspecified atom stereocenters. The van der Waals surface area contributed by atoms with Crippen LogP contribution < -0.4 is 10.6 Å². The Morgan fingerprint density at radius 1 is 1.12 bits per heavy atom. The van der Waals surface area contributed by atoms with Crippen LogP contribution in [0.2, 0.25) is 5.02 Å². The third-order valence-corrected chi connectivity index (χ3v) is 5.11. The molecule has 0 aromatic heterocycles. The fourth-order valence-corrected chi connectivity index (χ4v) is 3.89. The Labute approximate surface area is 157 Å². The van der Waals surface area contributed by atoms with E-state index in [0.29, 0.717) is 29.8 Å². The smallest absolute Gasteiger partial charge is 0.408 e. The third-order valence-electron chi connectivity index (χ3n) is 4.85. The second-order valence-electron chi connectivity index (χ2n) is 8.33. The van der Waals surface area contributed by atoms with Gasteiger partial charge in [-0.2, -0.15) is 0 Å². The molecule has 2 N–H and O–H groups in total. The van der Waals surface area contributed by atoms with Crippen LogP contribution in [-0.2, 0) is 9.53 Å². The minimum Gasteiger partial charge on any atom is -0.444 e. The standard InChI is InChI=1S/C19H23ClN2O4/c1-17(2,3)26-16(25)22-19-9-18(10-19,11-19)15(24)21-8-14(23)12-4-6-13(20)7-5-12/h4-7H,8-11H2,1-3H3,(H,21,24)(H,22,25). The number of halogens is 1. The summed E-state index contributed by atoms with van der Waals surface area (Å²) >= 11 is 5.80. The zero-order valence-electron chi connectivity index (χ0n) is 15.1. The number of ether oxygens (including phenoxy) is 1. The number of Topliss-reactive ketones (excluding diaryl/α,β-unsaturated/α-hetero) is 1. The van der Waals surface area contributed by atoms with Crippen LogP contribution in [0.3, 0.4) is 0 Å². The molecule has 0 heterocycles. The Kier molecular flexibility index (Phi) is 4.51. The van der Waals surface area contributed by atoms with Gasteiger partial charge in [-0.25, -0.2) is 4.79 Å². The molecule has 1 aromatic rings. The van der Waals surface area contributed by atoms with E-state index >= 15 is 0 Å². The number of rotatable bonds is 5. The average Bonchev–Trinajstić information content (AvgIpc) is 2.45. The van der Waals surface area contributed by atoms with Gasteiger partial charge in [-0.05, 0) is 64.3 Å². The number of hydrogen-bond donors (Lipinski definition) is 2. The highest BCUT2D eigenvalue weighted by molar-refractivity contribution is 6.30. The van der Waals surface area contributed by atoms with E-state index < -0.39 is 17.1 Å². The molecule has 3 fully saturated rings. The number of alkyl carbamates (subject to hydrolysis) is 1. The number of ketones is 1. The van der Waals surface area contributed by atoms with Crippen LogP contribution in [-0.4, -0.2) is 35.5 Å². The van der Waals surface area contributed by atoms with Crippen LogP contribution in [0.5, 0.6) is 0 Å². The van der Waals surface area contributed by atoms with Gasteiger partial charge in [0.1, 0.15) is 5.60 Å². The van der Waals surface area contributed by atoms with Crippen molar-refractivity contribution in [3.8, 4) is 0 Å². The number of hydrogen-bond acceptors (Lipinski definition) is 4. The Hall–Kier alpha value is -2.08. The Balaban J connectivity index is 1.45. The van der Waals surface area contributed by atoms with Gasteiger partial charge < -0.3 is 15.4 Å². The summed E-state index contributed by atoms with van der Waals surface area (Å²) in [6, 6.07) is 6.56. The molecular formula is C19H23ClN2O4. The first-order chi connectivity index (χ1) is 12.0. The second-order valence-corrected chi connectivity index (χ2v) is 8.77. The van der Waals surface area contributed by atoms with Crippen molar-refractivity contribution in [2.24, 2.45) is 5.41 Å². The molecule has 140 valence electrons. The molecule has 4 rings (SSSR count). The molecule has 6 nitrogen and oxygen atoms in total. The van der Waals surface area contributed by atoms with Gasteiger partial charge in [0.2, 0.25) is 5.91 Å². The molecule has 26 heavy (non-hydrogen) atoms. The maximum absolute atomic E-state index is 12.4. The van der Waals surface area contributed by atoms with Gasteiger partial charge in [0.15, 0.2) is 5.78 Å². The third kappa shape index (κ3) is 3.70. The van der Waals surface area contributed by atoms with Gasteiger partial charge in [0.25, 0.3) is 0 Å². The lowest BCUT2D eigenvalue weighted by molar-refractivity contribution is -0.179. The van der Waals surface area contributed by atoms with Gasteiger partial charge in [-0.15, -0.1) is 0 Å². The summed E-state index contributed by atoms with van der Waals surface area (Å²) in [5.74, 6) is -0.295.